The summed E-state index contributed by atoms with van der Waals surface area (Å²) in [5, 5.41) is 9.41. The van der Waals surface area contributed by atoms with Crippen LogP contribution in [0.5, 0.6) is 0 Å². The number of hydrogen-bond acceptors (Lipinski definition) is 5. The van der Waals surface area contributed by atoms with Gasteiger partial charge >= 0.3 is 11.9 Å². The Hall–Kier alpha value is -2.41. The summed E-state index contributed by atoms with van der Waals surface area (Å²) in [6, 6.07) is 17.2. The third kappa shape index (κ3) is 6.84. The van der Waals surface area contributed by atoms with Gasteiger partial charge in [-0.25, -0.2) is 10.9 Å². The second-order valence-electron chi connectivity index (χ2n) is 5.63. The van der Waals surface area contributed by atoms with Crippen LogP contribution in [0.2, 0.25) is 0 Å². The minimum atomic E-state index is -1.00. The lowest BCUT2D eigenvalue weighted by Crippen LogP contribution is -2.54. The number of carbonyl (C=O) groups is 2. The van der Waals surface area contributed by atoms with Gasteiger partial charge in [0.2, 0.25) is 0 Å². The van der Waals surface area contributed by atoms with Crippen molar-refractivity contribution >= 4 is 24.3 Å². The minimum Gasteiger partial charge on any atom is -0.480 e. The molecule has 0 spiro atoms. The lowest BCUT2D eigenvalue weighted by atomic mass is 10.1. The predicted molar refractivity (Wildman–Crippen MR) is 101 cm³/mol. The van der Waals surface area contributed by atoms with Crippen LogP contribution in [0.25, 0.3) is 0 Å². The molecule has 0 heterocycles. The molecular formula is C19H23ClN2O4. The van der Waals surface area contributed by atoms with Crippen molar-refractivity contribution in [3.63, 3.8) is 0 Å². The number of benzene rings is 2. The van der Waals surface area contributed by atoms with Crippen LogP contribution in [0.15, 0.2) is 60.7 Å². The summed E-state index contributed by atoms with van der Waals surface area (Å²) in [5.41, 5.74) is 7.41. The average Bonchev–Trinajstić information content (AvgIpc) is 2.64. The van der Waals surface area contributed by atoms with Crippen LogP contribution >= 0.6 is 12.4 Å². The van der Waals surface area contributed by atoms with Crippen molar-refractivity contribution in [3.8, 4) is 0 Å². The molecule has 0 aliphatic heterocycles. The molecule has 0 aromatic heterocycles. The Morgan fingerprint density at radius 1 is 0.885 bits per heavy atom. The van der Waals surface area contributed by atoms with E-state index in [-0.39, 0.29) is 12.4 Å². The van der Waals surface area contributed by atoms with Crippen LogP contribution in [0.4, 0.5) is 0 Å². The SMILES string of the molecule is COC(=O)[C@H](Cc1ccccc1)NN[C@@H](Cc1ccccc1)C(=O)O.Cl. The number of hydrogen-bond donors (Lipinski definition) is 3. The molecule has 140 valence electrons. The fourth-order valence-electron chi connectivity index (χ4n) is 2.44. The minimum absolute atomic E-state index is 0. The number of carboxylic acid groups (broad SMARTS) is 1. The number of ether oxygens (including phenoxy) is 1. The standard InChI is InChI=1S/C19H22N2O4.ClH/c1-25-19(24)17(13-15-10-6-3-7-11-15)21-20-16(18(22)23)12-14-8-4-2-5-9-14;/h2-11,16-17,20-21H,12-13H2,1H3,(H,22,23);1H/t16-,17-;/m0./s1. The normalized spacial score (nSPS) is 12.5. The summed E-state index contributed by atoms with van der Waals surface area (Å²) < 4.78 is 4.81. The molecule has 26 heavy (non-hydrogen) atoms. The quantitative estimate of drug-likeness (QED) is 0.457. The van der Waals surface area contributed by atoms with Gasteiger partial charge in [-0.2, -0.15) is 0 Å². The van der Waals surface area contributed by atoms with Crippen molar-refractivity contribution in [2.75, 3.05) is 7.11 Å². The molecule has 0 saturated carbocycles. The van der Waals surface area contributed by atoms with Crippen molar-refractivity contribution in [2.45, 2.75) is 24.9 Å². The Labute approximate surface area is 158 Å². The number of halogens is 1. The topological polar surface area (TPSA) is 87.7 Å². The van der Waals surface area contributed by atoms with Gasteiger partial charge in [-0.15, -0.1) is 12.4 Å². The van der Waals surface area contributed by atoms with Crippen molar-refractivity contribution in [1.29, 1.82) is 0 Å². The highest BCUT2D eigenvalue weighted by Crippen LogP contribution is 2.06. The van der Waals surface area contributed by atoms with Crippen molar-refractivity contribution in [2.24, 2.45) is 0 Å². The third-order valence-electron chi connectivity index (χ3n) is 3.78. The summed E-state index contributed by atoms with van der Waals surface area (Å²) in [6.45, 7) is 0. The van der Waals surface area contributed by atoms with E-state index in [1.165, 1.54) is 7.11 Å². The smallest absolute Gasteiger partial charge is 0.324 e. The number of nitrogens with one attached hydrogen (secondary N) is 2. The molecule has 7 heteroatoms. The summed E-state index contributed by atoms with van der Waals surface area (Å²) in [7, 11) is 1.31. The first-order valence-electron chi connectivity index (χ1n) is 7.99. The third-order valence-corrected chi connectivity index (χ3v) is 3.78. The first kappa shape index (κ1) is 21.6. The monoisotopic (exact) mass is 378 g/mol. The zero-order chi connectivity index (χ0) is 18.1. The van der Waals surface area contributed by atoms with Gasteiger partial charge in [0, 0.05) is 0 Å². The lowest BCUT2D eigenvalue weighted by molar-refractivity contribution is -0.145. The fraction of sp³-hybridized carbons (Fsp3) is 0.263. The second kappa shape index (κ2) is 11.3. The van der Waals surface area contributed by atoms with Crippen LogP contribution in [0, 0.1) is 0 Å². The van der Waals surface area contributed by atoms with Gasteiger partial charge in [-0.05, 0) is 24.0 Å². The highest BCUT2D eigenvalue weighted by molar-refractivity contribution is 5.85. The van der Waals surface area contributed by atoms with Gasteiger partial charge in [-0.3, -0.25) is 9.59 Å². The Bertz CT molecular complexity index is 682. The number of carbonyl (C=O) groups excluding carboxylic acids is 1. The van der Waals surface area contributed by atoms with E-state index in [0.717, 1.165) is 11.1 Å². The summed E-state index contributed by atoms with van der Waals surface area (Å²) in [5.74, 6) is -1.46. The van der Waals surface area contributed by atoms with E-state index in [4.69, 9.17) is 4.74 Å². The number of methoxy groups -OCH3 is 1. The molecule has 2 atom stereocenters. The molecule has 0 fully saturated rings. The maximum Gasteiger partial charge on any atom is 0.324 e. The molecule has 0 amide bonds. The Balaban J connectivity index is 0.00000338. The molecule has 0 unspecified atom stereocenters. The number of aliphatic carboxylic acids is 1. The van der Waals surface area contributed by atoms with Gasteiger partial charge in [0.1, 0.15) is 12.1 Å². The van der Waals surface area contributed by atoms with E-state index < -0.39 is 24.0 Å². The lowest BCUT2D eigenvalue weighted by Gasteiger charge is -2.21. The van der Waals surface area contributed by atoms with Crippen LogP contribution in [-0.2, 0) is 27.2 Å². The van der Waals surface area contributed by atoms with Gasteiger partial charge in [0.25, 0.3) is 0 Å². The molecule has 6 nitrogen and oxygen atoms in total. The zero-order valence-electron chi connectivity index (χ0n) is 14.4. The second-order valence-corrected chi connectivity index (χ2v) is 5.63. The average molecular weight is 379 g/mol. The van der Waals surface area contributed by atoms with Crippen molar-refractivity contribution < 1.29 is 19.4 Å². The first-order chi connectivity index (χ1) is 12.1. The van der Waals surface area contributed by atoms with E-state index in [9.17, 15) is 14.7 Å². The molecule has 0 aliphatic carbocycles. The molecule has 2 aromatic rings. The molecule has 0 bridgehead atoms. The fourth-order valence-corrected chi connectivity index (χ4v) is 2.44. The highest BCUT2D eigenvalue weighted by atomic mass is 35.5. The molecule has 0 aliphatic rings. The summed E-state index contributed by atoms with van der Waals surface area (Å²) in [6.07, 6.45) is 0.681. The Morgan fingerprint density at radius 2 is 1.31 bits per heavy atom. The predicted octanol–water partition coefficient (Wildman–Crippen LogP) is 1.98. The van der Waals surface area contributed by atoms with Gasteiger partial charge in [-0.1, -0.05) is 60.7 Å². The summed E-state index contributed by atoms with van der Waals surface area (Å²) >= 11 is 0. The van der Waals surface area contributed by atoms with Gasteiger partial charge in [0.15, 0.2) is 0 Å². The highest BCUT2D eigenvalue weighted by Gasteiger charge is 2.23. The van der Waals surface area contributed by atoms with Crippen LogP contribution < -0.4 is 10.9 Å². The van der Waals surface area contributed by atoms with E-state index in [0.29, 0.717) is 12.8 Å². The van der Waals surface area contributed by atoms with Gasteiger partial charge in [0.05, 0.1) is 7.11 Å². The largest absolute Gasteiger partial charge is 0.480 e. The molecular weight excluding hydrogens is 356 g/mol. The number of hydrazine groups is 1. The number of esters is 1. The molecule has 2 rings (SSSR count). The molecule has 0 radical (unpaired) electrons. The molecule has 2 aromatic carbocycles. The Kier molecular flexibility index (Phi) is 9.36. The number of carboxylic acids is 1. The maximum absolute atomic E-state index is 12.0. The van der Waals surface area contributed by atoms with E-state index in [1.54, 1.807) is 0 Å². The van der Waals surface area contributed by atoms with E-state index >= 15 is 0 Å². The van der Waals surface area contributed by atoms with E-state index in [2.05, 4.69) is 10.9 Å². The number of rotatable bonds is 9. The maximum atomic E-state index is 12.0. The van der Waals surface area contributed by atoms with Crippen molar-refractivity contribution in [3.05, 3.63) is 71.8 Å². The Morgan fingerprint density at radius 3 is 1.73 bits per heavy atom. The van der Waals surface area contributed by atoms with E-state index in [1.807, 2.05) is 60.7 Å². The van der Waals surface area contributed by atoms with Crippen LogP contribution in [0.1, 0.15) is 11.1 Å². The van der Waals surface area contributed by atoms with Crippen molar-refractivity contribution in [1.82, 2.24) is 10.9 Å². The zero-order valence-corrected chi connectivity index (χ0v) is 15.2. The molecule has 3 N–H and O–H groups in total. The first-order valence-corrected chi connectivity index (χ1v) is 7.99. The van der Waals surface area contributed by atoms with Gasteiger partial charge < -0.3 is 9.84 Å². The van der Waals surface area contributed by atoms with Crippen LogP contribution in [-0.4, -0.2) is 36.2 Å². The summed E-state index contributed by atoms with van der Waals surface area (Å²) in [4.78, 5) is 23.5. The molecule has 0 saturated heterocycles. The van der Waals surface area contributed by atoms with Crippen LogP contribution in [0.3, 0.4) is 0 Å².